The SMILES string of the molecule is C=CCOc1c(Cl)cc(/C=N\NC(=O)Cc2csc(Nc3cccc(C(F)(F)F)c3)n2)cc1Cl. The monoisotopic (exact) mass is 528 g/mol. The molecule has 0 aliphatic heterocycles. The molecule has 12 heteroatoms. The van der Waals surface area contributed by atoms with Crippen molar-refractivity contribution in [2.24, 2.45) is 5.10 Å². The van der Waals surface area contributed by atoms with Crippen LogP contribution in [0.2, 0.25) is 10.0 Å². The highest BCUT2D eigenvalue weighted by Crippen LogP contribution is 2.34. The van der Waals surface area contributed by atoms with Crippen LogP contribution in [-0.2, 0) is 17.4 Å². The van der Waals surface area contributed by atoms with E-state index in [0.717, 1.165) is 23.5 Å². The second-order valence-corrected chi connectivity index (χ2v) is 8.40. The van der Waals surface area contributed by atoms with Gasteiger partial charge in [0.2, 0.25) is 5.91 Å². The minimum Gasteiger partial charge on any atom is -0.486 e. The zero-order valence-electron chi connectivity index (χ0n) is 17.3. The maximum absolute atomic E-state index is 12.8. The quantitative estimate of drug-likeness (QED) is 0.189. The van der Waals surface area contributed by atoms with E-state index in [9.17, 15) is 18.0 Å². The van der Waals surface area contributed by atoms with Gasteiger partial charge in [0, 0.05) is 11.1 Å². The molecule has 3 aromatic rings. The number of amides is 1. The van der Waals surface area contributed by atoms with Crippen molar-refractivity contribution < 1.29 is 22.7 Å². The lowest BCUT2D eigenvalue weighted by Gasteiger charge is -2.09. The third-order valence-electron chi connectivity index (χ3n) is 4.10. The van der Waals surface area contributed by atoms with Gasteiger partial charge in [0.25, 0.3) is 0 Å². The number of hydrazone groups is 1. The molecule has 0 aliphatic rings. The van der Waals surface area contributed by atoms with E-state index in [1.54, 1.807) is 23.6 Å². The number of ether oxygens (including phenoxy) is 1. The Morgan fingerprint density at radius 1 is 1.24 bits per heavy atom. The summed E-state index contributed by atoms with van der Waals surface area (Å²) in [7, 11) is 0. The first-order valence-corrected chi connectivity index (χ1v) is 11.2. The molecule has 0 aliphatic carbocycles. The number of thiazole rings is 1. The van der Waals surface area contributed by atoms with Gasteiger partial charge >= 0.3 is 6.18 Å². The van der Waals surface area contributed by atoms with Crippen LogP contribution in [0.3, 0.4) is 0 Å². The fourth-order valence-corrected chi connectivity index (χ4v) is 4.00. The minimum absolute atomic E-state index is 0.0754. The van der Waals surface area contributed by atoms with Gasteiger partial charge in [0.15, 0.2) is 10.9 Å². The maximum atomic E-state index is 12.8. The number of halogens is 5. The van der Waals surface area contributed by atoms with Gasteiger partial charge in [0.05, 0.1) is 33.9 Å². The second-order valence-electron chi connectivity index (χ2n) is 6.73. The zero-order valence-corrected chi connectivity index (χ0v) is 19.7. The fraction of sp³-hybridized carbons (Fsp3) is 0.136. The minimum atomic E-state index is -4.44. The lowest BCUT2D eigenvalue weighted by molar-refractivity contribution is -0.137. The third kappa shape index (κ3) is 7.21. The van der Waals surface area contributed by atoms with Crippen molar-refractivity contribution >= 4 is 57.5 Å². The first-order valence-electron chi connectivity index (χ1n) is 9.59. The van der Waals surface area contributed by atoms with E-state index in [1.807, 2.05) is 0 Å². The molecule has 3 rings (SSSR count). The summed E-state index contributed by atoms with van der Waals surface area (Å²) in [6.45, 7) is 3.80. The van der Waals surface area contributed by atoms with Crippen molar-refractivity contribution in [3.8, 4) is 5.75 Å². The molecule has 178 valence electrons. The summed E-state index contributed by atoms with van der Waals surface area (Å²) in [4.78, 5) is 16.4. The first kappa shape index (κ1) is 25.5. The van der Waals surface area contributed by atoms with Crippen LogP contribution in [0.1, 0.15) is 16.8 Å². The van der Waals surface area contributed by atoms with Gasteiger partial charge in [-0.2, -0.15) is 18.3 Å². The van der Waals surface area contributed by atoms with E-state index in [1.165, 1.54) is 18.3 Å². The lowest BCUT2D eigenvalue weighted by atomic mass is 10.2. The molecule has 0 unspecified atom stereocenters. The normalized spacial score (nSPS) is 11.4. The van der Waals surface area contributed by atoms with Crippen LogP contribution < -0.4 is 15.5 Å². The van der Waals surface area contributed by atoms with Gasteiger partial charge in [-0.3, -0.25) is 4.79 Å². The van der Waals surface area contributed by atoms with Crippen molar-refractivity contribution in [2.45, 2.75) is 12.6 Å². The Morgan fingerprint density at radius 2 is 1.97 bits per heavy atom. The number of hydrogen-bond acceptors (Lipinski definition) is 6. The maximum Gasteiger partial charge on any atom is 0.416 e. The van der Waals surface area contributed by atoms with E-state index in [0.29, 0.717) is 22.1 Å². The molecular formula is C22H17Cl2F3N4O2S. The Bertz CT molecular complexity index is 1190. The number of carbonyl (C=O) groups excluding carboxylic acids is 1. The van der Waals surface area contributed by atoms with Crippen LogP contribution in [-0.4, -0.2) is 23.7 Å². The van der Waals surface area contributed by atoms with E-state index in [4.69, 9.17) is 27.9 Å². The van der Waals surface area contributed by atoms with Crippen LogP contribution in [0.15, 0.2) is 59.5 Å². The van der Waals surface area contributed by atoms with Crippen molar-refractivity contribution in [3.05, 3.63) is 81.3 Å². The van der Waals surface area contributed by atoms with E-state index in [2.05, 4.69) is 27.4 Å². The summed E-state index contributed by atoms with van der Waals surface area (Å²) < 4.78 is 43.9. The van der Waals surface area contributed by atoms with Crippen LogP contribution >= 0.6 is 34.5 Å². The van der Waals surface area contributed by atoms with Crippen molar-refractivity contribution in [2.75, 3.05) is 11.9 Å². The molecule has 6 nitrogen and oxygen atoms in total. The number of nitrogens with zero attached hydrogens (tertiary/aromatic N) is 2. The number of aromatic nitrogens is 1. The standard InChI is InChI=1S/C22H17Cl2F3N4O2S/c1-2-6-33-20-17(23)7-13(8-18(20)24)11-28-31-19(32)10-16-12-34-21(30-16)29-15-5-3-4-14(9-15)22(25,26)27/h2-5,7-9,11-12H,1,6,10H2,(H,29,30)(H,31,32)/b28-11-. The fourth-order valence-electron chi connectivity index (χ4n) is 2.66. The molecule has 0 saturated heterocycles. The number of anilines is 2. The number of alkyl halides is 3. The van der Waals surface area contributed by atoms with Gasteiger partial charge in [-0.15, -0.1) is 11.3 Å². The summed E-state index contributed by atoms with van der Waals surface area (Å²) in [6, 6.07) is 7.92. The molecule has 2 aromatic carbocycles. The summed E-state index contributed by atoms with van der Waals surface area (Å²) >= 11 is 13.5. The number of hydrogen-bond donors (Lipinski definition) is 2. The molecule has 0 radical (unpaired) electrons. The molecule has 1 amide bonds. The number of nitrogens with one attached hydrogen (secondary N) is 2. The van der Waals surface area contributed by atoms with Crippen molar-refractivity contribution in [1.82, 2.24) is 10.4 Å². The van der Waals surface area contributed by atoms with Crippen LogP contribution in [0.4, 0.5) is 24.0 Å². The van der Waals surface area contributed by atoms with Crippen molar-refractivity contribution in [1.29, 1.82) is 0 Å². The Balaban J connectivity index is 1.55. The molecule has 0 spiro atoms. The predicted octanol–water partition coefficient (Wildman–Crippen LogP) is 6.47. The first-order chi connectivity index (χ1) is 16.2. The second kappa shape index (κ2) is 11.4. The molecule has 1 heterocycles. The van der Waals surface area contributed by atoms with Gasteiger partial charge in [0.1, 0.15) is 6.61 Å². The molecule has 2 N–H and O–H groups in total. The lowest BCUT2D eigenvalue weighted by Crippen LogP contribution is -2.19. The largest absolute Gasteiger partial charge is 0.486 e. The Morgan fingerprint density at radius 3 is 2.65 bits per heavy atom. The molecule has 0 bridgehead atoms. The molecule has 34 heavy (non-hydrogen) atoms. The highest BCUT2D eigenvalue weighted by molar-refractivity contribution is 7.13. The van der Waals surface area contributed by atoms with Crippen LogP contribution in [0.5, 0.6) is 5.75 Å². The Hall–Kier alpha value is -3.08. The van der Waals surface area contributed by atoms with Gasteiger partial charge < -0.3 is 10.1 Å². The number of rotatable bonds is 9. The molecule has 0 saturated carbocycles. The molecule has 0 atom stereocenters. The number of benzene rings is 2. The molecule has 0 fully saturated rings. The summed E-state index contributed by atoms with van der Waals surface area (Å²) in [5.41, 5.74) is 2.81. The summed E-state index contributed by atoms with van der Waals surface area (Å²) in [5.74, 6) is -0.113. The Kier molecular flexibility index (Phi) is 8.54. The summed E-state index contributed by atoms with van der Waals surface area (Å²) in [5, 5.41) is 9.23. The topological polar surface area (TPSA) is 75.6 Å². The van der Waals surface area contributed by atoms with Gasteiger partial charge in [-0.1, -0.05) is 41.9 Å². The van der Waals surface area contributed by atoms with Gasteiger partial charge in [-0.05, 0) is 35.9 Å². The molecule has 1 aromatic heterocycles. The predicted molar refractivity (Wildman–Crippen MR) is 128 cm³/mol. The smallest absolute Gasteiger partial charge is 0.416 e. The average molecular weight is 529 g/mol. The van der Waals surface area contributed by atoms with Gasteiger partial charge in [-0.25, -0.2) is 10.4 Å². The van der Waals surface area contributed by atoms with Crippen LogP contribution in [0.25, 0.3) is 0 Å². The average Bonchev–Trinajstić information content (AvgIpc) is 3.19. The number of carbonyl (C=O) groups is 1. The Labute approximate surface area is 207 Å². The highest BCUT2D eigenvalue weighted by Gasteiger charge is 2.30. The van der Waals surface area contributed by atoms with Crippen molar-refractivity contribution in [3.63, 3.8) is 0 Å². The zero-order chi connectivity index (χ0) is 24.7. The van der Waals surface area contributed by atoms with Crippen LogP contribution in [0, 0.1) is 0 Å². The highest BCUT2D eigenvalue weighted by atomic mass is 35.5. The van der Waals surface area contributed by atoms with E-state index >= 15 is 0 Å². The van der Waals surface area contributed by atoms with E-state index in [-0.39, 0.29) is 28.8 Å². The third-order valence-corrected chi connectivity index (χ3v) is 5.47. The van der Waals surface area contributed by atoms with E-state index < -0.39 is 17.6 Å². The molecular weight excluding hydrogens is 512 g/mol. The summed E-state index contributed by atoms with van der Waals surface area (Å²) in [6.07, 6.45) is -1.59.